The molecule has 2 N–H and O–H groups in total. The van der Waals surface area contributed by atoms with E-state index in [1.807, 2.05) is 13.8 Å². The van der Waals surface area contributed by atoms with Crippen molar-refractivity contribution in [2.75, 3.05) is 6.61 Å². The molecule has 3 nitrogen and oxygen atoms in total. The molecule has 0 aliphatic heterocycles. The average Bonchev–Trinajstić information content (AvgIpc) is 2.38. The molecule has 1 aromatic rings. The van der Waals surface area contributed by atoms with Gasteiger partial charge in [0.15, 0.2) is 0 Å². The monoisotopic (exact) mass is 317 g/mol. The summed E-state index contributed by atoms with van der Waals surface area (Å²) in [4.78, 5) is 12.0. The van der Waals surface area contributed by atoms with Gasteiger partial charge >= 0.3 is 0 Å². The third-order valence-corrected chi connectivity index (χ3v) is 3.70. The molecule has 0 unspecified atom stereocenters. The van der Waals surface area contributed by atoms with Gasteiger partial charge in [-0.3, -0.25) is 4.79 Å². The summed E-state index contributed by atoms with van der Waals surface area (Å²) >= 11 is 3.20. The second-order valence-electron chi connectivity index (χ2n) is 4.22. The minimum Gasteiger partial charge on any atom is -0.394 e. The van der Waals surface area contributed by atoms with Crippen LogP contribution in [0, 0.1) is 5.82 Å². The predicted octanol–water partition coefficient (Wildman–Crippen LogP) is 2.87. The first-order valence-electron chi connectivity index (χ1n) is 5.86. The van der Waals surface area contributed by atoms with Crippen molar-refractivity contribution in [3.63, 3.8) is 0 Å². The molecule has 0 aliphatic carbocycles. The fourth-order valence-electron chi connectivity index (χ4n) is 1.67. The standard InChI is InChI=1S/C13H17BrFNO2/c1-3-13(4-2,8-17)16-12(18)10-7-9(14)5-6-11(10)15/h5-7,17H,3-4,8H2,1-2H3,(H,16,18). The summed E-state index contributed by atoms with van der Waals surface area (Å²) in [6.45, 7) is 3.58. The highest BCUT2D eigenvalue weighted by molar-refractivity contribution is 9.10. The lowest BCUT2D eigenvalue weighted by atomic mass is 9.93. The van der Waals surface area contributed by atoms with Crippen molar-refractivity contribution in [1.29, 1.82) is 0 Å². The Kier molecular flexibility index (Phi) is 5.28. The van der Waals surface area contributed by atoms with Crippen LogP contribution < -0.4 is 5.32 Å². The quantitative estimate of drug-likeness (QED) is 0.877. The van der Waals surface area contributed by atoms with Crippen LogP contribution in [0.5, 0.6) is 0 Å². The van der Waals surface area contributed by atoms with Crippen molar-refractivity contribution in [3.8, 4) is 0 Å². The molecular formula is C13H17BrFNO2. The first kappa shape index (κ1) is 15.1. The van der Waals surface area contributed by atoms with Gasteiger partial charge in [0, 0.05) is 4.47 Å². The molecule has 0 saturated heterocycles. The van der Waals surface area contributed by atoms with Gasteiger partial charge in [0.05, 0.1) is 17.7 Å². The van der Waals surface area contributed by atoms with Crippen LogP contribution in [0.4, 0.5) is 4.39 Å². The number of rotatable bonds is 5. The third kappa shape index (κ3) is 3.29. The average molecular weight is 318 g/mol. The number of amides is 1. The lowest BCUT2D eigenvalue weighted by Crippen LogP contribution is -2.50. The van der Waals surface area contributed by atoms with E-state index in [-0.39, 0.29) is 12.2 Å². The fraction of sp³-hybridized carbons (Fsp3) is 0.462. The van der Waals surface area contributed by atoms with Crippen LogP contribution in [0.3, 0.4) is 0 Å². The normalized spacial score (nSPS) is 11.4. The van der Waals surface area contributed by atoms with Crippen LogP contribution in [0.25, 0.3) is 0 Å². The van der Waals surface area contributed by atoms with Gasteiger partial charge in [0.2, 0.25) is 0 Å². The Balaban J connectivity index is 2.97. The molecule has 0 aromatic heterocycles. The van der Waals surface area contributed by atoms with Gasteiger partial charge in [-0.2, -0.15) is 0 Å². The van der Waals surface area contributed by atoms with Crippen LogP contribution in [-0.4, -0.2) is 23.2 Å². The second kappa shape index (κ2) is 6.29. The highest BCUT2D eigenvalue weighted by Gasteiger charge is 2.28. The first-order valence-corrected chi connectivity index (χ1v) is 6.65. The van der Waals surface area contributed by atoms with Crippen LogP contribution in [0.15, 0.2) is 22.7 Å². The molecule has 1 amide bonds. The van der Waals surface area contributed by atoms with Crippen molar-refractivity contribution >= 4 is 21.8 Å². The van der Waals surface area contributed by atoms with Crippen molar-refractivity contribution < 1.29 is 14.3 Å². The molecule has 0 fully saturated rings. The summed E-state index contributed by atoms with van der Waals surface area (Å²) in [7, 11) is 0. The van der Waals surface area contributed by atoms with Crippen LogP contribution >= 0.6 is 15.9 Å². The highest BCUT2D eigenvalue weighted by atomic mass is 79.9. The van der Waals surface area contributed by atoms with Gasteiger partial charge in [0.1, 0.15) is 5.82 Å². The second-order valence-corrected chi connectivity index (χ2v) is 5.14. The maximum atomic E-state index is 13.6. The number of hydrogen-bond acceptors (Lipinski definition) is 2. The van der Waals surface area contributed by atoms with E-state index < -0.39 is 17.3 Å². The Labute approximate surface area is 115 Å². The van der Waals surface area contributed by atoms with E-state index in [0.717, 1.165) is 0 Å². The minimum absolute atomic E-state index is 0.0240. The summed E-state index contributed by atoms with van der Waals surface area (Å²) in [6, 6.07) is 4.20. The third-order valence-electron chi connectivity index (χ3n) is 3.21. The highest BCUT2D eigenvalue weighted by Crippen LogP contribution is 2.19. The van der Waals surface area contributed by atoms with Gasteiger partial charge in [-0.15, -0.1) is 0 Å². The van der Waals surface area contributed by atoms with Gasteiger partial charge in [-0.1, -0.05) is 29.8 Å². The van der Waals surface area contributed by atoms with E-state index >= 15 is 0 Å². The molecule has 0 bridgehead atoms. The smallest absolute Gasteiger partial charge is 0.254 e. The Morgan fingerprint density at radius 2 is 2.06 bits per heavy atom. The van der Waals surface area contributed by atoms with Crippen LogP contribution in [-0.2, 0) is 0 Å². The Morgan fingerprint density at radius 3 is 2.56 bits per heavy atom. The maximum Gasteiger partial charge on any atom is 0.254 e. The van der Waals surface area contributed by atoms with Crippen LogP contribution in [0.1, 0.15) is 37.0 Å². The molecule has 0 radical (unpaired) electrons. The first-order chi connectivity index (χ1) is 8.48. The minimum atomic E-state index is -0.689. The summed E-state index contributed by atoms with van der Waals surface area (Å²) in [5.74, 6) is -1.08. The Bertz CT molecular complexity index is 425. The van der Waals surface area contributed by atoms with Crippen molar-refractivity contribution in [1.82, 2.24) is 5.32 Å². The van der Waals surface area contributed by atoms with E-state index in [1.54, 1.807) is 0 Å². The molecule has 0 atom stereocenters. The van der Waals surface area contributed by atoms with E-state index in [0.29, 0.717) is 17.3 Å². The van der Waals surface area contributed by atoms with Crippen molar-refractivity contribution in [2.24, 2.45) is 0 Å². The zero-order valence-electron chi connectivity index (χ0n) is 10.5. The number of halogens is 2. The number of nitrogens with one attached hydrogen (secondary N) is 1. The number of carbonyl (C=O) groups is 1. The molecular weight excluding hydrogens is 301 g/mol. The molecule has 0 saturated carbocycles. The summed E-state index contributed by atoms with van der Waals surface area (Å²) in [6.07, 6.45) is 1.17. The SMILES string of the molecule is CCC(CC)(CO)NC(=O)c1cc(Br)ccc1F. The molecule has 0 spiro atoms. The van der Waals surface area contributed by atoms with Crippen molar-refractivity contribution in [2.45, 2.75) is 32.2 Å². The summed E-state index contributed by atoms with van der Waals surface area (Å²) in [5.41, 5.74) is -0.713. The molecule has 100 valence electrons. The molecule has 0 heterocycles. The molecule has 1 rings (SSSR count). The molecule has 1 aromatic carbocycles. The largest absolute Gasteiger partial charge is 0.394 e. The lowest BCUT2D eigenvalue weighted by molar-refractivity contribution is 0.0813. The number of hydrogen-bond donors (Lipinski definition) is 2. The van der Waals surface area contributed by atoms with Gasteiger partial charge < -0.3 is 10.4 Å². The number of aliphatic hydroxyl groups is 1. The van der Waals surface area contributed by atoms with E-state index in [1.165, 1.54) is 18.2 Å². The topological polar surface area (TPSA) is 49.3 Å². The molecule has 0 aliphatic rings. The zero-order chi connectivity index (χ0) is 13.8. The predicted molar refractivity (Wildman–Crippen MR) is 72.0 cm³/mol. The van der Waals surface area contributed by atoms with E-state index in [4.69, 9.17) is 0 Å². The van der Waals surface area contributed by atoms with Gasteiger partial charge in [0.25, 0.3) is 5.91 Å². The van der Waals surface area contributed by atoms with Crippen LogP contribution in [0.2, 0.25) is 0 Å². The van der Waals surface area contributed by atoms with E-state index in [2.05, 4.69) is 21.2 Å². The number of carbonyl (C=O) groups excluding carboxylic acids is 1. The Hall–Kier alpha value is -0.940. The summed E-state index contributed by atoms with van der Waals surface area (Å²) < 4.78 is 14.2. The van der Waals surface area contributed by atoms with Gasteiger partial charge in [-0.05, 0) is 31.0 Å². The summed E-state index contributed by atoms with van der Waals surface area (Å²) in [5, 5.41) is 12.1. The molecule has 5 heteroatoms. The van der Waals surface area contributed by atoms with Gasteiger partial charge in [-0.25, -0.2) is 4.39 Å². The molecule has 18 heavy (non-hydrogen) atoms. The lowest BCUT2D eigenvalue weighted by Gasteiger charge is -2.30. The van der Waals surface area contributed by atoms with Crippen molar-refractivity contribution in [3.05, 3.63) is 34.1 Å². The van der Waals surface area contributed by atoms with E-state index in [9.17, 15) is 14.3 Å². The zero-order valence-corrected chi connectivity index (χ0v) is 12.1. The Morgan fingerprint density at radius 1 is 1.44 bits per heavy atom. The number of aliphatic hydroxyl groups excluding tert-OH is 1. The number of benzene rings is 1. The maximum absolute atomic E-state index is 13.6. The fourth-order valence-corrected chi connectivity index (χ4v) is 2.03.